The minimum atomic E-state index is 0.575. The van der Waals surface area contributed by atoms with Crippen molar-refractivity contribution in [2.75, 3.05) is 5.32 Å². The first-order valence-corrected chi connectivity index (χ1v) is 7.09. The van der Waals surface area contributed by atoms with Gasteiger partial charge in [-0.05, 0) is 37.1 Å². The van der Waals surface area contributed by atoms with Gasteiger partial charge < -0.3 is 9.73 Å². The Labute approximate surface area is 115 Å². The standard InChI is InChI=1S/C16H22N2O/c1-3-5-14(6-4-2)18-15-9-7-13(8-10-15)16-11-17-12-19-16/h7-12,14,18H,3-6H2,1-2H3. The van der Waals surface area contributed by atoms with Crippen LogP contribution in [-0.4, -0.2) is 11.0 Å². The molecule has 0 amide bonds. The van der Waals surface area contributed by atoms with Crippen molar-refractivity contribution >= 4 is 5.69 Å². The maximum Gasteiger partial charge on any atom is 0.181 e. The van der Waals surface area contributed by atoms with Gasteiger partial charge in [0, 0.05) is 17.3 Å². The second-order valence-corrected chi connectivity index (χ2v) is 4.86. The van der Waals surface area contributed by atoms with Gasteiger partial charge in [0.1, 0.15) is 0 Å². The van der Waals surface area contributed by atoms with Crippen LogP contribution in [0.2, 0.25) is 0 Å². The van der Waals surface area contributed by atoms with E-state index in [2.05, 4.69) is 48.4 Å². The molecular formula is C16H22N2O. The molecule has 3 heteroatoms. The van der Waals surface area contributed by atoms with Crippen molar-refractivity contribution in [2.45, 2.75) is 45.6 Å². The lowest BCUT2D eigenvalue weighted by Crippen LogP contribution is -2.18. The van der Waals surface area contributed by atoms with Crippen LogP contribution in [-0.2, 0) is 0 Å². The molecule has 0 radical (unpaired) electrons. The Morgan fingerprint density at radius 3 is 2.32 bits per heavy atom. The van der Waals surface area contributed by atoms with Crippen LogP contribution < -0.4 is 5.32 Å². The van der Waals surface area contributed by atoms with Crippen LogP contribution >= 0.6 is 0 Å². The highest BCUT2D eigenvalue weighted by Crippen LogP contribution is 2.22. The third-order valence-electron chi connectivity index (χ3n) is 3.25. The molecule has 1 heterocycles. The van der Waals surface area contributed by atoms with Crippen molar-refractivity contribution in [1.29, 1.82) is 0 Å². The van der Waals surface area contributed by atoms with Crippen LogP contribution in [0.15, 0.2) is 41.3 Å². The molecule has 1 aromatic heterocycles. The molecule has 1 aromatic carbocycles. The number of benzene rings is 1. The SMILES string of the molecule is CCCC(CCC)Nc1ccc(-c2cnco2)cc1. The normalized spacial score (nSPS) is 10.9. The van der Waals surface area contributed by atoms with Crippen molar-refractivity contribution in [1.82, 2.24) is 4.98 Å². The number of nitrogens with zero attached hydrogens (tertiary/aromatic N) is 1. The zero-order chi connectivity index (χ0) is 13.5. The quantitative estimate of drug-likeness (QED) is 0.780. The molecule has 2 aromatic rings. The van der Waals surface area contributed by atoms with E-state index in [-0.39, 0.29) is 0 Å². The van der Waals surface area contributed by atoms with Crippen LogP contribution in [0.4, 0.5) is 5.69 Å². The smallest absolute Gasteiger partial charge is 0.181 e. The molecule has 0 aliphatic rings. The summed E-state index contributed by atoms with van der Waals surface area (Å²) < 4.78 is 5.29. The molecular weight excluding hydrogens is 236 g/mol. The van der Waals surface area contributed by atoms with Crippen LogP contribution in [0, 0.1) is 0 Å². The topological polar surface area (TPSA) is 38.1 Å². The summed E-state index contributed by atoms with van der Waals surface area (Å²) in [5.41, 5.74) is 2.24. The molecule has 102 valence electrons. The average Bonchev–Trinajstić information content (AvgIpc) is 2.94. The number of hydrogen-bond acceptors (Lipinski definition) is 3. The molecule has 0 atom stereocenters. The fourth-order valence-electron chi connectivity index (χ4n) is 2.31. The fourth-order valence-corrected chi connectivity index (χ4v) is 2.31. The van der Waals surface area contributed by atoms with Gasteiger partial charge in [0.05, 0.1) is 6.20 Å². The first kappa shape index (κ1) is 13.7. The predicted molar refractivity (Wildman–Crippen MR) is 79.2 cm³/mol. The van der Waals surface area contributed by atoms with Gasteiger partial charge in [-0.1, -0.05) is 26.7 Å². The molecule has 0 fully saturated rings. The number of anilines is 1. The van der Waals surface area contributed by atoms with Crippen molar-refractivity contribution in [3.63, 3.8) is 0 Å². The third-order valence-corrected chi connectivity index (χ3v) is 3.25. The van der Waals surface area contributed by atoms with E-state index < -0.39 is 0 Å². The average molecular weight is 258 g/mol. The Hall–Kier alpha value is -1.77. The molecule has 0 aliphatic carbocycles. The van der Waals surface area contributed by atoms with Crippen LogP contribution in [0.3, 0.4) is 0 Å². The van der Waals surface area contributed by atoms with Gasteiger partial charge in [0.15, 0.2) is 12.2 Å². The highest BCUT2D eigenvalue weighted by molar-refractivity contribution is 5.60. The number of aromatic nitrogens is 1. The molecule has 0 bridgehead atoms. The van der Waals surface area contributed by atoms with Crippen molar-refractivity contribution in [3.8, 4) is 11.3 Å². The summed E-state index contributed by atoms with van der Waals surface area (Å²) in [6, 6.07) is 8.92. The fraction of sp³-hybridized carbons (Fsp3) is 0.438. The third kappa shape index (κ3) is 3.85. The summed E-state index contributed by atoms with van der Waals surface area (Å²) in [4.78, 5) is 3.94. The second-order valence-electron chi connectivity index (χ2n) is 4.86. The lowest BCUT2D eigenvalue weighted by molar-refractivity contribution is 0.572. The van der Waals surface area contributed by atoms with E-state index in [0.29, 0.717) is 6.04 Å². The molecule has 0 aliphatic heterocycles. The first-order valence-electron chi connectivity index (χ1n) is 7.09. The lowest BCUT2D eigenvalue weighted by atomic mass is 10.1. The zero-order valence-corrected chi connectivity index (χ0v) is 11.7. The first-order chi connectivity index (χ1) is 9.33. The highest BCUT2D eigenvalue weighted by atomic mass is 16.3. The molecule has 3 nitrogen and oxygen atoms in total. The minimum Gasteiger partial charge on any atom is -0.444 e. The number of nitrogens with one attached hydrogen (secondary N) is 1. The monoisotopic (exact) mass is 258 g/mol. The van der Waals surface area contributed by atoms with E-state index in [9.17, 15) is 0 Å². The van der Waals surface area contributed by atoms with E-state index in [4.69, 9.17) is 4.42 Å². The lowest BCUT2D eigenvalue weighted by Gasteiger charge is -2.18. The van der Waals surface area contributed by atoms with Gasteiger partial charge in [-0.15, -0.1) is 0 Å². The van der Waals surface area contributed by atoms with Gasteiger partial charge in [0.25, 0.3) is 0 Å². The van der Waals surface area contributed by atoms with Gasteiger partial charge in [0.2, 0.25) is 0 Å². The predicted octanol–water partition coefficient (Wildman–Crippen LogP) is 4.72. The summed E-state index contributed by atoms with van der Waals surface area (Å²) in [7, 11) is 0. The van der Waals surface area contributed by atoms with Gasteiger partial charge >= 0.3 is 0 Å². The van der Waals surface area contributed by atoms with Gasteiger partial charge in [-0.25, -0.2) is 4.98 Å². The molecule has 0 spiro atoms. The Morgan fingerprint density at radius 2 is 1.79 bits per heavy atom. The maximum absolute atomic E-state index is 5.29. The Kier molecular flexibility index (Phi) is 5.01. The molecule has 2 rings (SSSR count). The van der Waals surface area contributed by atoms with E-state index in [1.807, 2.05) is 0 Å². The number of hydrogen-bond donors (Lipinski definition) is 1. The van der Waals surface area contributed by atoms with E-state index >= 15 is 0 Å². The van der Waals surface area contributed by atoms with Crippen LogP contribution in [0.1, 0.15) is 39.5 Å². The number of rotatable bonds is 7. The van der Waals surface area contributed by atoms with Gasteiger partial charge in [-0.2, -0.15) is 0 Å². The van der Waals surface area contributed by atoms with Crippen LogP contribution in [0.5, 0.6) is 0 Å². The summed E-state index contributed by atoms with van der Waals surface area (Å²) in [6.07, 6.45) is 8.07. The van der Waals surface area contributed by atoms with E-state index in [1.54, 1.807) is 6.20 Å². The zero-order valence-electron chi connectivity index (χ0n) is 11.7. The highest BCUT2D eigenvalue weighted by Gasteiger charge is 2.07. The van der Waals surface area contributed by atoms with Crippen molar-refractivity contribution in [3.05, 3.63) is 36.9 Å². The largest absolute Gasteiger partial charge is 0.444 e. The minimum absolute atomic E-state index is 0.575. The number of oxazole rings is 1. The maximum atomic E-state index is 5.29. The molecule has 19 heavy (non-hydrogen) atoms. The Morgan fingerprint density at radius 1 is 1.11 bits per heavy atom. The summed E-state index contributed by atoms with van der Waals surface area (Å²) in [5, 5.41) is 3.61. The molecule has 1 N–H and O–H groups in total. The summed E-state index contributed by atoms with van der Waals surface area (Å²) >= 11 is 0. The van der Waals surface area contributed by atoms with Crippen LogP contribution in [0.25, 0.3) is 11.3 Å². The summed E-state index contributed by atoms with van der Waals surface area (Å²) in [5.74, 6) is 0.810. The Balaban J connectivity index is 2.01. The second kappa shape index (κ2) is 6.98. The van der Waals surface area contributed by atoms with E-state index in [0.717, 1.165) is 11.3 Å². The molecule has 0 unspecified atom stereocenters. The Bertz CT molecular complexity index is 456. The molecule has 0 saturated carbocycles. The summed E-state index contributed by atoms with van der Waals surface area (Å²) in [6.45, 7) is 4.47. The van der Waals surface area contributed by atoms with Gasteiger partial charge in [-0.3, -0.25) is 0 Å². The molecule has 0 saturated heterocycles. The van der Waals surface area contributed by atoms with E-state index in [1.165, 1.54) is 37.8 Å². The van der Waals surface area contributed by atoms with Crippen molar-refractivity contribution in [2.24, 2.45) is 0 Å². The van der Waals surface area contributed by atoms with Crippen molar-refractivity contribution < 1.29 is 4.42 Å².